The minimum atomic E-state index is 0.665. The van der Waals surface area contributed by atoms with Gasteiger partial charge in [-0.2, -0.15) is 0 Å². The van der Waals surface area contributed by atoms with Crippen LogP contribution in [-0.2, 0) is 0 Å². The first-order valence-corrected chi connectivity index (χ1v) is 5.77. The summed E-state index contributed by atoms with van der Waals surface area (Å²) in [4.78, 5) is 0.878. The molecule has 0 fully saturated rings. The molecule has 0 aliphatic rings. The Morgan fingerprint density at radius 2 is 1.75 bits per heavy atom. The van der Waals surface area contributed by atoms with Crippen LogP contribution >= 0.6 is 12.6 Å². The maximum absolute atomic E-state index is 5.45. The molecule has 2 rings (SSSR count). The van der Waals surface area contributed by atoms with E-state index in [1.54, 1.807) is 0 Å². The van der Waals surface area contributed by atoms with Crippen molar-refractivity contribution in [2.75, 3.05) is 6.61 Å². The summed E-state index contributed by atoms with van der Waals surface area (Å²) in [7, 11) is 0. The number of hydrogen-bond acceptors (Lipinski definition) is 2. The zero-order valence-electron chi connectivity index (χ0n) is 9.18. The minimum Gasteiger partial charge on any atom is -0.493 e. The van der Waals surface area contributed by atoms with E-state index < -0.39 is 0 Å². The molecule has 0 saturated carbocycles. The minimum absolute atomic E-state index is 0.665. The van der Waals surface area contributed by atoms with Crippen LogP contribution in [0.15, 0.2) is 53.4 Å². The van der Waals surface area contributed by atoms with Gasteiger partial charge in [0.05, 0.1) is 6.61 Å². The van der Waals surface area contributed by atoms with E-state index in [2.05, 4.69) is 30.8 Å². The first kappa shape index (κ1) is 11.1. The van der Waals surface area contributed by atoms with Crippen LogP contribution in [0, 0.1) is 0 Å². The van der Waals surface area contributed by atoms with Gasteiger partial charge < -0.3 is 4.74 Å². The Labute approximate surface area is 101 Å². The van der Waals surface area contributed by atoms with E-state index in [4.69, 9.17) is 4.74 Å². The van der Waals surface area contributed by atoms with E-state index in [0.29, 0.717) is 6.61 Å². The van der Waals surface area contributed by atoms with Gasteiger partial charge in [0, 0.05) is 4.90 Å². The molecule has 0 aliphatic carbocycles. The van der Waals surface area contributed by atoms with Gasteiger partial charge in [-0.3, -0.25) is 0 Å². The molecule has 2 heteroatoms. The van der Waals surface area contributed by atoms with Crippen LogP contribution in [-0.4, -0.2) is 6.61 Å². The highest BCUT2D eigenvalue weighted by molar-refractivity contribution is 7.80. The summed E-state index contributed by atoms with van der Waals surface area (Å²) in [6.45, 7) is 2.64. The molecule has 0 aromatic heterocycles. The lowest BCUT2D eigenvalue weighted by molar-refractivity contribution is 0.332. The molecule has 0 radical (unpaired) electrons. The van der Waals surface area contributed by atoms with Crippen LogP contribution in [0.25, 0.3) is 11.1 Å². The largest absolute Gasteiger partial charge is 0.493 e. The summed E-state index contributed by atoms with van der Waals surface area (Å²) < 4.78 is 5.45. The number of rotatable bonds is 3. The molecule has 1 nitrogen and oxygen atoms in total. The number of hydrogen-bond donors (Lipinski definition) is 1. The fourth-order valence-electron chi connectivity index (χ4n) is 1.61. The van der Waals surface area contributed by atoms with Crippen molar-refractivity contribution in [3.05, 3.63) is 48.5 Å². The molecule has 2 aromatic carbocycles. The van der Waals surface area contributed by atoms with Crippen molar-refractivity contribution in [3.8, 4) is 16.9 Å². The van der Waals surface area contributed by atoms with Crippen LogP contribution in [0.5, 0.6) is 5.75 Å². The van der Waals surface area contributed by atoms with Crippen LogP contribution < -0.4 is 4.74 Å². The van der Waals surface area contributed by atoms with Crippen molar-refractivity contribution in [1.82, 2.24) is 0 Å². The van der Waals surface area contributed by atoms with Gasteiger partial charge in [-0.15, -0.1) is 12.6 Å². The quantitative estimate of drug-likeness (QED) is 0.783. The maximum atomic E-state index is 5.45. The Morgan fingerprint density at radius 3 is 2.38 bits per heavy atom. The maximum Gasteiger partial charge on any atom is 0.132 e. The Morgan fingerprint density at radius 1 is 1.00 bits per heavy atom. The third-order valence-corrected chi connectivity index (χ3v) is 2.72. The average molecular weight is 230 g/mol. The van der Waals surface area contributed by atoms with E-state index >= 15 is 0 Å². The van der Waals surface area contributed by atoms with Gasteiger partial charge in [0.2, 0.25) is 0 Å². The molecule has 0 bridgehead atoms. The van der Waals surface area contributed by atoms with Gasteiger partial charge in [-0.1, -0.05) is 36.4 Å². The molecule has 0 amide bonds. The van der Waals surface area contributed by atoms with Crippen molar-refractivity contribution in [1.29, 1.82) is 0 Å². The summed E-state index contributed by atoms with van der Waals surface area (Å²) in [5, 5.41) is 0. The van der Waals surface area contributed by atoms with Crippen LogP contribution in [0.2, 0.25) is 0 Å². The molecule has 0 unspecified atom stereocenters. The zero-order chi connectivity index (χ0) is 11.4. The highest BCUT2D eigenvalue weighted by Gasteiger charge is 2.02. The second-order valence-corrected chi connectivity index (χ2v) is 3.96. The molecule has 0 N–H and O–H groups in total. The highest BCUT2D eigenvalue weighted by Crippen LogP contribution is 2.28. The molecule has 0 saturated heterocycles. The summed E-state index contributed by atoms with van der Waals surface area (Å²) in [6, 6.07) is 16.3. The van der Waals surface area contributed by atoms with Crippen LogP contribution in [0.4, 0.5) is 0 Å². The second-order valence-electron chi connectivity index (χ2n) is 3.48. The molecule has 0 spiro atoms. The molecule has 16 heavy (non-hydrogen) atoms. The van der Waals surface area contributed by atoms with Crippen molar-refractivity contribution in [3.63, 3.8) is 0 Å². The number of benzene rings is 2. The lowest BCUT2D eigenvalue weighted by atomic mass is 10.1. The molecular formula is C14H14OS. The van der Waals surface area contributed by atoms with Crippen molar-refractivity contribution < 1.29 is 4.74 Å². The summed E-state index contributed by atoms with van der Waals surface area (Å²) in [5.41, 5.74) is 2.36. The number of thiol groups is 1. The standard InChI is InChI=1S/C14H14OS/c1-2-15-13-9-8-12(10-14(13)16)11-6-4-3-5-7-11/h3-10,16H,2H2,1H3. The topological polar surface area (TPSA) is 9.23 Å². The van der Waals surface area contributed by atoms with Gasteiger partial charge in [-0.25, -0.2) is 0 Å². The predicted octanol–water partition coefficient (Wildman–Crippen LogP) is 4.04. The lowest BCUT2D eigenvalue weighted by Gasteiger charge is -2.08. The Kier molecular flexibility index (Phi) is 3.52. The molecular weight excluding hydrogens is 216 g/mol. The fourth-order valence-corrected chi connectivity index (χ4v) is 1.88. The van der Waals surface area contributed by atoms with Crippen molar-refractivity contribution in [2.24, 2.45) is 0 Å². The third kappa shape index (κ3) is 2.39. The van der Waals surface area contributed by atoms with E-state index in [-0.39, 0.29) is 0 Å². The molecule has 82 valence electrons. The Bertz CT molecular complexity index is 465. The highest BCUT2D eigenvalue weighted by atomic mass is 32.1. The molecule has 0 heterocycles. The number of ether oxygens (including phenoxy) is 1. The molecule has 2 aromatic rings. The van der Waals surface area contributed by atoms with Gasteiger partial charge in [-0.05, 0) is 30.2 Å². The molecule has 0 aliphatic heterocycles. The van der Waals surface area contributed by atoms with Gasteiger partial charge in [0.25, 0.3) is 0 Å². The van der Waals surface area contributed by atoms with E-state index in [1.807, 2.05) is 37.3 Å². The van der Waals surface area contributed by atoms with Crippen molar-refractivity contribution >= 4 is 12.6 Å². The van der Waals surface area contributed by atoms with Gasteiger partial charge in [0.1, 0.15) is 5.75 Å². The third-order valence-electron chi connectivity index (χ3n) is 2.37. The molecule has 0 atom stereocenters. The van der Waals surface area contributed by atoms with Gasteiger partial charge >= 0.3 is 0 Å². The van der Waals surface area contributed by atoms with E-state index in [9.17, 15) is 0 Å². The fraction of sp³-hybridized carbons (Fsp3) is 0.143. The van der Waals surface area contributed by atoms with E-state index in [1.165, 1.54) is 5.56 Å². The van der Waals surface area contributed by atoms with Crippen LogP contribution in [0.3, 0.4) is 0 Å². The zero-order valence-corrected chi connectivity index (χ0v) is 10.1. The average Bonchev–Trinajstić information content (AvgIpc) is 2.33. The van der Waals surface area contributed by atoms with Crippen molar-refractivity contribution in [2.45, 2.75) is 11.8 Å². The first-order valence-electron chi connectivity index (χ1n) is 5.32. The second kappa shape index (κ2) is 5.08. The van der Waals surface area contributed by atoms with Gasteiger partial charge in [0.15, 0.2) is 0 Å². The monoisotopic (exact) mass is 230 g/mol. The Hall–Kier alpha value is -1.41. The normalized spacial score (nSPS) is 10.1. The summed E-state index contributed by atoms with van der Waals surface area (Å²) in [6.07, 6.45) is 0. The first-order chi connectivity index (χ1) is 7.81. The Balaban J connectivity index is 2.35. The smallest absolute Gasteiger partial charge is 0.132 e. The summed E-state index contributed by atoms with van der Waals surface area (Å²) in [5.74, 6) is 0.838. The van der Waals surface area contributed by atoms with E-state index in [0.717, 1.165) is 16.2 Å². The SMILES string of the molecule is CCOc1ccc(-c2ccccc2)cc1S. The summed E-state index contributed by atoms with van der Waals surface area (Å²) >= 11 is 4.43. The predicted molar refractivity (Wildman–Crippen MR) is 70.3 cm³/mol. The lowest BCUT2D eigenvalue weighted by Crippen LogP contribution is -1.92. The van der Waals surface area contributed by atoms with Crippen LogP contribution in [0.1, 0.15) is 6.92 Å².